The molecule has 0 saturated heterocycles. The number of nitrogens with zero attached hydrogens (tertiary/aromatic N) is 1. The molecule has 1 aliphatic carbocycles. The van der Waals surface area contributed by atoms with E-state index in [0.29, 0.717) is 30.2 Å². The van der Waals surface area contributed by atoms with E-state index in [1.165, 1.54) is 31.3 Å². The third-order valence-electron chi connectivity index (χ3n) is 5.21. The molecule has 10 heteroatoms. The Morgan fingerprint density at radius 1 is 1.09 bits per heavy atom. The second-order valence-electron chi connectivity index (χ2n) is 8.21. The molecule has 0 spiro atoms. The van der Waals surface area contributed by atoms with Crippen molar-refractivity contribution in [2.75, 3.05) is 31.3 Å². The van der Waals surface area contributed by atoms with E-state index in [2.05, 4.69) is 10.6 Å². The lowest BCUT2D eigenvalue weighted by Crippen LogP contribution is -2.27. The van der Waals surface area contributed by atoms with Crippen LogP contribution in [0.1, 0.15) is 19.8 Å². The minimum Gasteiger partial charge on any atom is -0.454 e. The molecule has 1 saturated carbocycles. The van der Waals surface area contributed by atoms with E-state index in [-0.39, 0.29) is 22.7 Å². The summed E-state index contributed by atoms with van der Waals surface area (Å²) in [4.78, 5) is 21.5. The van der Waals surface area contributed by atoms with Gasteiger partial charge in [-0.2, -0.15) is 0 Å². The number of amides is 1. The van der Waals surface area contributed by atoms with Crippen molar-refractivity contribution in [2.45, 2.75) is 19.8 Å². The Morgan fingerprint density at radius 3 is 2.23 bits per heavy atom. The third-order valence-corrected chi connectivity index (χ3v) is 5.21. The zero-order valence-corrected chi connectivity index (χ0v) is 19.8. The van der Waals surface area contributed by atoms with Gasteiger partial charge in [0.15, 0.2) is 11.6 Å². The Hall–Kier alpha value is -3.95. The highest BCUT2D eigenvalue weighted by molar-refractivity contribution is 5.70. The van der Waals surface area contributed by atoms with Crippen LogP contribution in [0.15, 0.2) is 60.1 Å². The molecule has 1 heterocycles. The summed E-state index contributed by atoms with van der Waals surface area (Å²) in [5, 5.41) is 4.94. The second kappa shape index (κ2) is 12.5. The van der Waals surface area contributed by atoms with Gasteiger partial charge in [0.2, 0.25) is 6.41 Å². The molecule has 0 radical (unpaired) electrons. The van der Waals surface area contributed by atoms with Crippen LogP contribution in [-0.2, 0) is 9.59 Å². The first kappa shape index (κ1) is 27.3. The van der Waals surface area contributed by atoms with Gasteiger partial charge in [0, 0.05) is 50.0 Å². The van der Waals surface area contributed by atoms with Gasteiger partial charge in [0.1, 0.15) is 29.5 Å². The maximum atomic E-state index is 13.7. The predicted octanol–water partition coefficient (Wildman–Crippen LogP) is 4.39. The first-order valence-corrected chi connectivity index (χ1v) is 10.8. The van der Waals surface area contributed by atoms with Crippen LogP contribution in [-0.4, -0.2) is 38.2 Å². The van der Waals surface area contributed by atoms with Gasteiger partial charge in [-0.1, -0.05) is 6.92 Å². The maximum absolute atomic E-state index is 13.7. The quantitative estimate of drug-likeness (QED) is 0.520. The van der Waals surface area contributed by atoms with Crippen LogP contribution in [0.5, 0.6) is 5.75 Å². The molecular formula is C25H29F3N4O3. The van der Waals surface area contributed by atoms with E-state index < -0.39 is 11.6 Å². The molecular weight excluding hydrogens is 461 g/mol. The summed E-state index contributed by atoms with van der Waals surface area (Å²) >= 11 is 0. The van der Waals surface area contributed by atoms with Gasteiger partial charge >= 0.3 is 0 Å². The van der Waals surface area contributed by atoms with Crippen LogP contribution in [0.4, 0.5) is 24.5 Å². The Morgan fingerprint density at radius 2 is 1.74 bits per heavy atom. The van der Waals surface area contributed by atoms with Crippen molar-refractivity contribution in [3.05, 3.63) is 77.6 Å². The predicted molar refractivity (Wildman–Crippen MR) is 129 cm³/mol. The highest BCUT2D eigenvalue weighted by Gasteiger charge is 2.36. The molecule has 1 amide bonds. The Bertz CT molecular complexity index is 1080. The molecule has 4 rings (SSSR count). The zero-order valence-electron chi connectivity index (χ0n) is 19.8. The number of carbonyl (C=O) groups excluding carboxylic acids is 2. The maximum Gasteiger partial charge on any atom is 0.211 e. The number of nitrogens with two attached hydrogens (primary N) is 1. The molecule has 2 aliphatic rings. The van der Waals surface area contributed by atoms with Crippen molar-refractivity contribution in [3.8, 4) is 5.75 Å². The van der Waals surface area contributed by atoms with Crippen LogP contribution in [0, 0.1) is 22.9 Å². The molecule has 7 nitrogen and oxygen atoms in total. The highest BCUT2D eigenvalue weighted by atomic mass is 19.1. The lowest BCUT2D eigenvalue weighted by molar-refractivity contribution is -0.111. The number of rotatable bonds is 6. The smallest absolute Gasteiger partial charge is 0.211 e. The molecule has 0 aromatic heterocycles. The summed E-state index contributed by atoms with van der Waals surface area (Å²) in [6.07, 6.45) is 7.11. The Balaban J connectivity index is 0.000000223. The van der Waals surface area contributed by atoms with Crippen molar-refractivity contribution in [3.63, 3.8) is 0 Å². The fourth-order valence-corrected chi connectivity index (χ4v) is 2.57. The number of hydrogen-bond donors (Lipinski definition) is 3. The van der Waals surface area contributed by atoms with Crippen molar-refractivity contribution in [2.24, 2.45) is 11.1 Å². The van der Waals surface area contributed by atoms with Crippen LogP contribution in [0.3, 0.4) is 0 Å². The van der Waals surface area contributed by atoms with Gasteiger partial charge in [-0.3, -0.25) is 4.79 Å². The second-order valence-corrected chi connectivity index (χ2v) is 8.21. The number of nitrogens with one attached hydrogen (secondary N) is 2. The van der Waals surface area contributed by atoms with Crippen LogP contribution >= 0.6 is 0 Å². The van der Waals surface area contributed by atoms with Crippen molar-refractivity contribution < 1.29 is 27.5 Å². The summed E-state index contributed by atoms with van der Waals surface area (Å²) in [5.74, 6) is -0.800. The van der Waals surface area contributed by atoms with Crippen LogP contribution in [0.2, 0.25) is 0 Å². The number of likely N-dealkylation sites (N-methyl/N-ethyl adjacent to an activating group) is 1. The molecule has 0 atom stereocenters. The molecule has 1 aliphatic heterocycles. The van der Waals surface area contributed by atoms with Gasteiger partial charge < -0.3 is 30.8 Å². The average Bonchev–Trinajstić information content (AvgIpc) is 3.59. The van der Waals surface area contributed by atoms with Crippen molar-refractivity contribution in [1.29, 1.82) is 0 Å². The largest absolute Gasteiger partial charge is 0.454 e. The number of carbonyl (C=O) groups is 2. The summed E-state index contributed by atoms with van der Waals surface area (Å²) in [7, 11) is 3.34. The van der Waals surface area contributed by atoms with E-state index >= 15 is 0 Å². The number of allylic oxidation sites excluding steroid dienone is 1. The fraction of sp³-hybridized carbons (Fsp3) is 0.280. The summed E-state index contributed by atoms with van der Waals surface area (Å²) in [6, 6.07) is 7.60. The standard InChI is InChI=1S/C13H15F2N3O.C7H6FNO.C5H8O/c1-17-11-6-10(15)12(7-9(11)14)19-8-3-4-18(2)13(16)5-8;8-6-1-3-7(4-2-6)9-5-10;1-5(4-6)2-3-5/h3,5-7,17H,4,16H2,1-2H3;1-5H,(H,9,10);4H,2-3H2,1H3. The normalized spacial score (nSPS) is 15.1. The number of aldehydes is 1. The first-order chi connectivity index (χ1) is 16.6. The zero-order chi connectivity index (χ0) is 26.0. The lowest BCUT2D eigenvalue weighted by Gasteiger charge is -2.22. The van der Waals surface area contributed by atoms with Gasteiger partial charge in [0.25, 0.3) is 0 Å². The molecule has 1 fully saturated rings. The molecule has 0 bridgehead atoms. The van der Waals surface area contributed by atoms with E-state index in [1.54, 1.807) is 17.1 Å². The van der Waals surface area contributed by atoms with Crippen molar-refractivity contribution in [1.82, 2.24) is 4.90 Å². The molecule has 188 valence electrons. The van der Waals surface area contributed by atoms with Gasteiger partial charge in [0.05, 0.1) is 5.69 Å². The lowest BCUT2D eigenvalue weighted by atomic mass is 10.2. The van der Waals surface area contributed by atoms with Crippen LogP contribution in [0.25, 0.3) is 0 Å². The topological polar surface area (TPSA) is 96.7 Å². The average molecular weight is 491 g/mol. The van der Waals surface area contributed by atoms with Crippen LogP contribution < -0.4 is 21.1 Å². The molecule has 35 heavy (non-hydrogen) atoms. The van der Waals surface area contributed by atoms with E-state index in [0.717, 1.165) is 31.3 Å². The molecule has 0 unspecified atom stereocenters. The van der Waals surface area contributed by atoms with Gasteiger partial charge in [-0.15, -0.1) is 0 Å². The Kier molecular flexibility index (Phi) is 9.74. The number of ether oxygens (including phenoxy) is 1. The first-order valence-electron chi connectivity index (χ1n) is 10.8. The summed E-state index contributed by atoms with van der Waals surface area (Å²) < 4.78 is 44.8. The number of hydrogen-bond acceptors (Lipinski definition) is 6. The van der Waals surface area contributed by atoms with E-state index in [9.17, 15) is 22.8 Å². The van der Waals surface area contributed by atoms with E-state index in [4.69, 9.17) is 10.5 Å². The van der Waals surface area contributed by atoms with E-state index in [1.807, 2.05) is 14.0 Å². The van der Waals surface area contributed by atoms with Gasteiger partial charge in [-0.05, 0) is 43.2 Å². The minimum atomic E-state index is -0.641. The number of halogens is 3. The Labute approximate surface area is 202 Å². The number of benzene rings is 2. The highest BCUT2D eigenvalue weighted by Crippen LogP contribution is 2.42. The molecule has 4 N–H and O–H groups in total. The number of anilines is 2. The third kappa shape index (κ3) is 8.73. The fourth-order valence-electron chi connectivity index (χ4n) is 2.57. The monoisotopic (exact) mass is 490 g/mol. The molecule has 2 aromatic rings. The van der Waals surface area contributed by atoms with Crippen molar-refractivity contribution >= 4 is 24.1 Å². The minimum absolute atomic E-state index is 0.0808. The summed E-state index contributed by atoms with van der Waals surface area (Å²) in [6.45, 7) is 2.54. The molecule has 2 aromatic carbocycles. The van der Waals surface area contributed by atoms with Gasteiger partial charge in [-0.25, -0.2) is 13.2 Å². The summed E-state index contributed by atoms with van der Waals surface area (Å²) in [5.41, 5.74) is 6.51. The SMILES string of the molecule is CC1(C=O)CC1.CNc1cc(F)c(OC2=CCN(C)C(N)=C2)cc1F.O=CNc1ccc(F)cc1.